The molecule has 1 aliphatic heterocycles. The fraction of sp³-hybridized carbons (Fsp3) is 0.438. The van der Waals surface area contributed by atoms with Crippen LogP contribution in [0.5, 0.6) is 0 Å². The Hall–Kier alpha value is -1.46. The van der Waals surface area contributed by atoms with Gasteiger partial charge in [-0.3, -0.25) is 4.98 Å². The first-order chi connectivity index (χ1) is 9.71. The first kappa shape index (κ1) is 14.5. The van der Waals surface area contributed by atoms with Crippen molar-refractivity contribution in [1.82, 2.24) is 4.98 Å². The number of benzene rings is 1. The predicted molar refractivity (Wildman–Crippen MR) is 82.2 cm³/mol. The van der Waals surface area contributed by atoms with Crippen LogP contribution in [0, 0.1) is 12.7 Å². The summed E-state index contributed by atoms with van der Waals surface area (Å²) in [4.78, 5) is 4.48. The molecule has 0 spiro atoms. The van der Waals surface area contributed by atoms with Gasteiger partial charge in [-0.05, 0) is 52.8 Å². The van der Waals surface area contributed by atoms with Crippen LogP contribution in [-0.2, 0) is 9.31 Å². The second-order valence-corrected chi connectivity index (χ2v) is 6.57. The zero-order chi connectivity index (χ0) is 15.4. The normalized spacial score (nSPS) is 20.2. The number of hydrogen-bond donors (Lipinski definition) is 0. The highest BCUT2D eigenvalue weighted by Gasteiger charge is 2.53. The molecular formula is C16H19BFNO2. The molecule has 3 nitrogen and oxygen atoms in total. The quantitative estimate of drug-likeness (QED) is 0.756. The van der Waals surface area contributed by atoms with Crippen LogP contribution in [0.2, 0.25) is 0 Å². The highest BCUT2D eigenvalue weighted by Crippen LogP contribution is 2.37. The van der Waals surface area contributed by atoms with Crippen LogP contribution in [0.25, 0.3) is 10.9 Å². The van der Waals surface area contributed by atoms with E-state index in [2.05, 4.69) is 4.98 Å². The molecule has 0 unspecified atom stereocenters. The van der Waals surface area contributed by atoms with Crippen molar-refractivity contribution in [2.24, 2.45) is 0 Å². The molecule has 0 saturated carbocycles. The maximum absolute atomic E-state index is 14.4. The summed E-state index contributed by atoms with van der Waals surface area (Å²) in [6.07, 6.45) is 0. The summed E-state index contributed by atoms with van der Waals surface area (Å²) in [5, 5.41) is 0.881. The number of aromatic nitrogens is 1. The Morgan fingerprint density at radius 2 is 1.57 bits per heavy atom. The fourth-order valence-corrected chi connectivity index (χ4v) is 2.47. The number of nitrogens with zero attached hydrogens (tertiary/aromatic N) is 1. The van der Waals surface area contributed by atoms with Crippen LogP contribution in [0.1, 0.15) is 33.4 Å². The number of aryl methyl sites for hydroxylation is 1. The van der Waals surface area contributed by atoms with Crippen molar-refractivity contribution in [3.05, 3.63) is 35.8 Å². The Morgan fingerprint density at radius 3 is 2.19 bits per heavy atom. The molecule has 1 aliphatic rings. The molecule has 2 aromatic rings. The van der Waals surface area contributed by atoms with Gasteiger partial charge in [0, 0.05) is 16.5 Å². The Labute approximate surface area is 124 Å². The highest BCUT2D eigenvalue weighted by molar-refractivity contribution is 6.65. The Kier molecular flexibility index (Phi) is 3.12. The topological polar surface area (TPSA) is 31.4 Å². The Bertz CT molecular complexity index is 693. The van der Waals surface area contributed by atoms with Crippen LogP contribution in [0.3, 0.4) is 0 Å². The lowest BCUT2D eigenvalue weighted by Crippen LogP contribution is -2.41. The predicted octanol–water partition coefficient (Wildman–Crippen LogP) is 2.98. The summed E-state index contributed by atoms with van der Waals surface area (Å²) in [5.74, 6) is -0.348. The first-order valence-corrected chi connectivity index (χ1v) is 7.13. The van der Waals surface area contributed by atoms with E-state index in [1.807, 2.05) is 46.8 Å². The summed E-state index contributed by atoms with van der Waals surface area (Å²) in [5.41, 5.74) is 0.820. The number of hydrogen-bond acceptors (Lipinski definition) is 3. The number of pyridine rings is 1. The van der Waals surface area contributed by atoms with Gasteiger partial charge in [-0.1, -0.05) is 6.07 Å². The second-order valence-electron chi connectivity index (χ2n) is 6.57. The summed E-state index contributed by atoms with van der Waals surface area (Å²) < 4.78 is 26.4. The number of halogens is 1. The molecule has 0 radical (unpaired) electrons. The van der Waals surface area contributed by atoms with Gasteiger partial charge >= 0.3 is 7.12 Å². The molecule has 1 saturated heterocycles. The third-order valence-corrected chi connectivity index (χ3v) is 4.48. The van der Waals surface area contributed by atoms with E-state index >= 15 is 0 Å². The monoisotopic (exact) mass is 287 g/mol. The van der Waals surface area contributed by atoms with E-state index in [9.17, 15) is 4.39 Å². The van der Waals surface area contributed by atoms with Crippen LogP contribution < -0.4 is 5.46 Å². The van der Waals surface area contributed by atoms with Crippen molar-refractivity contribution >= 4 is 23.5 Å². The zero-order valence-corrected chi connectivity index (χ0v) is 13.0. The van der Waals surface area contributed by atoms with Crippen molar-refractivity contribution in [3.63, 3.8) is 0 Å². The molecule has 0 bridgehead atoms. The summed E-state index contributed by atoms with van der Waals surface area (Å²) in [7, 11) is -0.743. The van der Waals surface area contributed by atoms with E-state index in [-0.39, 0.29) is 5.82 Å². The second kappa shape index (κ2) is 4.52. The molecular weight excluding hydrogens is 268 g/mol. The average molecular weight is 287 g/mol. The average Bonchev–Trinajstić information content (AvgIpc) is 2.57. The largest absolute Gasteiger partial charge is 0.500 e. The molecule has 1 fully saturated rings. The van der Waals surface area contributed by atoms with E-state index in [1.54, 1.807) is 6.07 Å². The molecule has 0 amide bonds. The lowest BCUT2D eigenvalue weighted by atomic mass is 9.77. The lowest BCUT2D eigenvalue weighted by molar-refractivity contribution is 0.00578. The zero-order valence-electron chi connectivity index (χ0n) is 13.0. The van der Waals surface area contributed by atoms with Crippen molar-refractivity contribution in [2.75, 3.05) is 0 Å². The molecule has 5 heteroatoms. The Morgan fingerprint density at radius 1 is 1.00 bits per heavy atom. The van der Waals surface area contributed by atoms with Crippen LogP contribution in [-0.4, -0.2) is 23.3 Å². The molecule has 0 atom stereocenters. The van der Waals surface area contributed by atoms with Crippen LogP contribution in [0.15, 0.2) is 24.3 Å². The molecule has 110 valence electrons. The maximum Gasteiger partial charge on any atom is 0.500 e. The lowest BCUT2D eigenvalue weighted by Gasteiger charge is -2.32. The SMILES string of the molecule is Cc1ccc2ccc(F)c(B3OC(C)(C)C(C)(C)O3)c2n1. The maximum atomic E-state index is 14.4. The van der Waals surface area contributed by atoms with Gasteiger partial charge in [-0.25, -0.2) is 4.39 Å². The molecule has 0 N–H and O–H groups in total. The van der Waals surface area contributed by atoms with Crippen LogP contribution >= 0.6 is 0 Å². The van der Waals surface area contributed by atoms with Gasteiger partial charge in [0.25, 0.3) is 0 Å². The van der Waals surface area contributed by atoms with Gasteiger partial charge in [-0.15, -0.1) is 0 Å². The molecule has 21 heavy (non-hydrogen) atoms. The van der Waals surface area contributed by atoms with Crippen molar-refractivity contribution in [1.29, 1.82) is 0 Å². The van der Waals surface area contributed by atoms with Crippen LogP contribution in [0.4, 0.5) is 4.39 Å². The minimum atomic E-state index is -0.743. The van der Waals surface area contributed by atoms with Gasteiger partial charge in [0.1, 0.15) is 5.82 Å². The molecule has 0 aliphatic carbocycles. The smallest absolute Gasteiger partial charge is 0.399 e. The van der Waals surface area contributed by atoms with Gasteiger partial charge in [0.15, 0.2) is 0 Å². The van der Waals surface area contributed by atoms with Gasteiger partial charge in [-0.2, -0.15) is 0 Å². The van der Waals surface area contributed by atoms with Crippen molar-refractivity contribution < 1.29 is 13.7 Å². The van der Waals surface area contributed by atoms with E-state index in [0.717, 1.165) is 11.1 Å². The van der Waals surface area contributed by atoms with E-state index < -0.39 is 18.3 Å². The highest BCUT2D eigenvalue weighted by atomic mass is 19.1. The van der Waals surface area contributed by atoms with Gasteiger partial charge in [0.05, 0.1) is 16.7 Å². The van der Waals surface area contributed by atoms with Gasteiger partial charge in [0.2, 0.25) is 0 Å². The standard InChI is InChI=1S/C16H19BFNO2/c1-10-6-7-11-8-9-12(18)13(14(11)19-10)17-20-15(2,3)16(4,5)21-17/h6-9H,1-5H3. The minimum Gasteiger partial charge on any atom is -0.399 e. The summed E-state index contributed by atoms with van der Waals surface area (Å²) in [6, 6.07) is 7.02. The van der Waals surface area contributed by atoms with E-state index in [4.69, 9.17) is 9.31 Å². The first-order valence-electron chi connectivity index (χ1n) is 7.13. The molecule has 1 aromatic carbocycles. The summed E-state index contributed by atoms with van der Waals surface area (Å²) in [6.45, 7) is 9.70. The molecule has 3 rings (SSSR count). The summed E-state index contributed by atoms with van der Waals surface area (Å²) >= 11 is 0. The Balaban J connectivity index is 2.17. The van der Waals surface area contributed by atoms with E-state index in [1.165, 1.54) is 6.07 Å². The molecule has 1 aromatic heterocycles. The third kappa shape index (κ3) is 2.25. The van der Waals surface area contributed by atoms with Gasteiger partial charge < -0.3 is 9.31 Å². The van der Waals surface area contributed by atoms with Crippen molar-refractivity contribution in [2.45, 2.75) is 45.8 Å². The van der Waals surface area contributed by atoms with E-state index in [0.29, 0.717) is 11.0 Å². The van der Waals surface area contributed by atoms with Crippen molar-refractivity contribution in [3.8, 4) is 0 Å². The number of rotatable bonds is 1. The minimum absolute atomic E-state index is 0.348. The molecule has 2 heterocycles. The number of fused-ring (bicyclic) bond motifs is 1. The third-order valence-electron chi connectivity index (χ3n) is 4.48. The fourth-order valence-electron chi connectivity index (χ4n) is 2.47.